The highest BCUT2D eigenvalue weighted by molar-refractivity contribution is 5.74. The number of alkyl carbamates (subject to hydrolysis) is 1. The molecule has 1 amide bonds. The first-order valence-corrected chi connectivity index (χ1v) is 3.26. The van der Waals surface area contributed by atoms with Gasteiger partial charge in [-0.3, -0.25) is 4.79 Å². The quantitative estimate of drug-likeness (QED) is 0.506. The Kier molecular flexibility index (Phi) is 4.78. The van der Waals surface area contributed by atoms with Crippen molar-refractivity contribution in [1.29, 1.82) is 0 Å². The van der Waals surface area contributed by atoms with Crippen LogP contribution >= 0.6 is 0 Å². The Morgan fingerprint density at radius 3 is 2.67 bits per heavy atom. The smallest absolute Gasteiger partial charge is 0.407 e. The van der Waals surface area contributed by atoms with E-state index in [1.54, 1.807) is 0 Å². The SMILES string of the molecule is [CH2]CNC(=O)OCC(N)C(=O)O. The third-order valence-corrected chi connectivity index (χ3v) is 0.981. The molecule has 1 radical (unpaired) electrons. The van der Waals surface area contributed by atoms with Gasteiger partial charge < -0.3 is 20.9 Å². The Morgan fingerprint density at radius 1 is 1.67 bits per heavy atom. The van der Waals surface area contributed by atoms with Gasteiger partial charge in [0, 0.05) is 6.54 Å². The van der Waals surface area contributed by atoms with Gasteiger partial charge in [0.05, 0.1) is 0 Å². The lowest BCUT2D eigenvalue weighted by Crippen LogP contribution is -2.37. The minimum Gasteiger partial charge on any atom is -0.480 e. The maximum Gasteiger partial charge on any atom is 0.407 e. The highest BCUT2D eigenvalue weighted by Crippen LogP contribution is 1.83. The van der Waals surface area contributed by atoms with Crippen LogP contribution in [0.4, 0.5) is 4.79 Å². The molecule has 0 bridgehead atoms. The normalized spacial score (nSPS) is 11.8. The Bertz CT molecular complexity index is 171. The summed E-state index contributed by atoms with van der Waals surface area (Å²) in [4.78, 5) is 20.7. The standard InChI is InChI=1S/C6H11N2O4/c1-2-8-6(11)12-3-4(7)5(9)10/h4H,1-3,7H2,(H,8,11)(H,9,10). The summed E-state index contributed by atoms with van der Waals surface area (Å²) in [7, 11) is 0. The minimum absolute atomic E-state index is 0.182. The fourth-order valence-corrected chi connectivity index (χ4v) is 0.390. The van der Waals surface area contributed by atoms with E-state index in [1.165, 1.54) is 0 Å². The minimum atomic E-state index is -1.21. The van der Waals surface area contributed by atoms with Crippen molar-refractivity contribution in [2.75, 3.05) is 13.2 Å². The zero-order valence-electron chi connectivity index (χ0n) is 6.45. The van der Waals surface area contributed by atoms with Crippen molar-refractivity contribution in [2.24, 2.45) is 5.73 Å². The summed E-state index contributed by atoms with van der Waals surface area (Å²) in [6.07, 6.45) is -0.721. The molecule has 4 N–H and O–H groups in total. The first-order valence-electron chi connectivity index (χ1n) is 3.26. The van der Waals surface area contributed by atoms with Gasteiger partial charge in [0.25, 0.3) is 0 Å². The van der Waals surface area contributed by atoms with Gasteiger partial charge in [-0.15, -0.1) is 0 Å². The number of hydrogen-bond acceptors (Lipinski definition) is 4. The molecule has 0 aliphatic carbocycles. The fraction of sp³-hybridized carbons (Fsp3) is 0.500. The third-order valence-electron chi connectivity index (χ3n) is 0.981. The highest BCUT2D eigenvalue weighted by Gasteiger charge is 2.13. The molecule has 0 rings (SSSR count). The van der Waals surface area contributed by atoms with Gasteiger partial charge >= 0.3 is 12.1 Å². The number of ether oxygens (including phenoxy) is 1. The zero-order valence-corrected chi connectivity index (χ0v) is 6.45. The van der Waals surface area contributed by atoms with Gasteiger partial charge in [-0.2, -0.15) is 0 Å². The van der Waals surface area contributed by atoms with E-state index in [1.807, 2.05) is 0 Å². The zero-order chi connectivity index (χ0) is 9.56. The molecule has 0 fully saturated rings. The van der Waals surface area contributed by atoms with E-state index < -0.39 is 18.1 Å². The molecule has 0 saturated carbocycles. The summed E-state index contributed by atoms with van der Waals surface area (Å²) in [5, 5.41) is 10.5. The average Bonchev–Trinajstić information content (AvgIpc) is 2.00. The van der Waals surface area contributed by atoms with Crippen LogP contribution in [0.3, 0.4) is 0 Å². The Balaban J connectivity index is 3.54. The Morgan fingerprint density at radius 2 is 2.25 bits per heavy atom. The van der Waals surface area contributed by atoms with Crippen LogP contribution in [0.5, 0.6) is 0 Å². The third kappa shape index (κ3) is 4.51. The summed E-state index contributed by atoms with van der Waals surface area (Å²) in [6.45, 7) is 3.16. The number of carboxylic acids is 1. The number of aliphatic carboxylic acids is 1. The summed E-state index contributed by atoms with van der Waals surface area (Å²) < 4.78 is 4.41. The molecule has 0 aromatic heterocycles. The molecule has 69 valence electrons. The predicted molar refractivity (Wildman–Crippen MR) is 40.3 cm³/mol. The van der Waals surface area contributed by atoms with E-state index in [9.17, 15) is 9.59 Å². The van der Waals surface area contributed by atoms with Crippen LogP contribution in [-0.4, -0.2) is 36.4 Å². The van der Waals surface area contributed by atoms with Crippen LogP contribution in [-0.2, 0) is 9.53 Å². The molecule has 6 nitrogen and oxygen atoms in total. The van der Waals surface area contributed by atoms with E-state index in [4.69, 9.17) is 10.8 Å². The number of nitrogens with one attached hydrogen (secondary N) is 1. The lowest BCUT2D eigenvalue weighted by molar-refractivity contribution is -0.139. The van der Waals surface area contributed by atoms with Crippen molar-refractivity contribution in [3.05, 3.63) is 6.92 Å². The van der Waals surface area contributed by atoms with Crippen molar-refractivity contribution in [3.63, 3.8) is 0 Å². The van der Waals surface area contributed by atoms with Gasteiger partial charge in [-0.05, 0) is 6.92 Å². The lowest BCUT2D eigenvalue weighted by Gasteiger charge is -2.07. The molecular formula is C6H11N2O4. The number of carboxylic acid groups (broad SMARTS) is 1. The maximum absolute atomic E-state index is 10.5. The molecule has 0 saturated heterocycles. The van der Waals surface area contributed by atoms with Gasteiger partial charge in [-0.1, -0.05) is 0 Å². The van der Waals surface area contributed by atoms with Crippen LogP contribution < -0.4 is 11.1 Å². The van der Waals surface area contributed by atoms with Crippen LogP contribution in [0, 0.1) is 6.92 Å². The van der Waals surface area contributed by atoms with E-state index in [-0.39, 0.29) is 13.2 Å². The summed E-state index contributed by atoms with van der Waals surface area (Å²) >= 11 is 0. The van der Waals surface area contributed by atoms with Crippen molar-refractivity contribution < 1.29 is 19.4 Å². The van der Waals surface area contributed by atoms with Gasteiger partial charge in [-0.25, -0.2) is 4.79 Å². The first kappa shape index (κ1) is 10.7. The number of amides is 1. The number of hydrogen-bond donors (Lipinski definition) is 3. The lowest BCUT2D eigenvalue weighted by atomic mass is 10.3. The second-order valence-corrected chi connectivity index (χ2v) is 1.97. The van der Waals surface area contributed by atoms with Gasteiger partial charge in [0.1, 0.15) is 12.6 Å². The number of carbonyl (C=O) groups excluding carboxylic acids is 1. The van der Waals surface area contributed by atoms with E-state index in [0.717, 1.165) is 0 Å². The topological polar surface area (TPSA) is 102 Å². The Labute approximate surface area is 69.7 Å². The number of nitrogens with two attached hydrogens (primary N) is 1. The largest absolute Gasteiger partial charge is 0.480 e. The van der Waals surface area contributed by atoms with Crippen molar-refractivity contribution in [2.45, 2.75) is 6.04 Å². The van der Waals surface area contributed by atoms with Crippen LogP contribution in [0.2, 0.25) is 0 Å². The molecule has 1 atom stereocenters. The molecule has 12 heavy (non-hydrogen) atoms. The molecule has 0 aromatic rings. The molecule has 0 aliphatic heterocycles. The second-order valence-electron chi connectivity index (χ2n) is 1.97. The first-order chi connectivity index (χ1) is 5.57. The maximum atomic E-state index is 10.5. The average molecular weight is 175 g/mol. The molecule has 0 heterocycles. The fourth-order valence-electron chi connectivity index (χ4n) is 0.390. The highest BCUT2D eigenvalue weighted by atomic mass is 16.5. The van der Waals surface area contributed by atoms with Crippen LogP contribution in [0.1, 0.15) is 0 Å². The van der Waals surface area contributed by atoms with Crippen molar-refractivity contribution in [1.82, 2.24) is 5.32 Å². The van der Waals surface area contributed by atoms with Crippen LogP contribution in [0.25, 0.3) is 0 Å². The van der Waals surface area contributed by atoms with E-state index >= 15 is 0 Å². The van der Waals surface area contributed by atoms with E-state index in [0.29, 0.717) is 0 Å². The van der Waals surface area contributed by atoms with Crippen LogP contribution in [0.15, 0.2) is 0 Å². The summed E-state index contributed by atoms with van der Waals surface area (Å²) in [5.41, 5.74) is 5.04. The molecule has 1 unspecified atom stereocenters. The molecule has 0 spiro atoms. The molecule has 0 aromatic carbocycles. The number of carbonyl (C=O) groups is 2. The second kappa shape index (κ2) is 5.36. The van der Waals surface area contributed by atoms with E-state index in [2.05, 4.69) is 17.0 Å². The van der Waals surface area contributed by atoms with Gasteiger partial charge in [0.2, 0.25) is 0 Å². The predicted octanol–water partition coefficient (Wildman–Crippen LogP) is -1.04. The van der Waals surface area contributed by atoms with Crippen molar-refractivity contribution in [3.8, 4) is 0 Å². The monoisotopic (exact) mass is 175 g/mol. The summed E-state index contributed by atoms with van der Waals surface area (Å²) in [5.74, 6) is -1.21. The molecular weight excluding hydrogens is 164 g/mol. The Hall–Kier alpha value is -1.30. The van der Waals surface area contributed by atoms with Crippen molar-refractivity contribution >= 4 is 12.1 Å². The molecule has 0 aliphatic rings. The summed E-state index contributed by atoms with van der Waals surface area (Å²) in [6, 6.07) is -1.18. The molecule has 6 heteroatoms. The van der Waals surface area contributed by atoms with Gasteiger partial charge in [0.15, 0.2) is 0 Å². The number of rotatable bonds is 4.